The fourth-order valence-corrected chi connectivity index (χ4v) is 2.25. The number of rotatable bonds is 4. The van der Waals surface area contributed by atoms with E-state index in [-0.39, 0.29) is 6.42 Å². The van der Waals surface area contributed by atoms with Crippen LogP contribution in [-0.2, 0) is 4.74 Å². The summed E-state index contributed by atoms with van der Waals surface area (Å²) in [6.07, 6.45) is -1.44. The summed E-state index contributed by atoms with van der Waals surface area (Å²) in [5.74, 6) is 0. The van der Waals surface area contributed by atoms with Gasteiger partial charge in [0.2, 0.25) is 0 Å². The van der Waals surface area contributed by atoms with E-state index >= 15 is 0 Å². The van der Waals surface area contributed by atoms with E-state index in [1.807, 2.05) is 4.98 Å². The van der Waals surface area contributed by atoms with Crippen molar-refractivity contribution in [3.05, 3.63) is 43.2 Å². The minimum atomic E-state index is -1.88. The highest BCUT2D eigenvalue weighted by molar-refractivity contribution is 4.97. The number of nitrogens with zero attached hydrogens (tertiary/aromatic N) is 2. The Labute approximate surface area is 111 Å². The molecule has 0 saturated carbocycles. The molecule has 1 aromatic heterocycles. The Morgan fingerprint density at radius 3 is 2.70 bits per heavy atom. The normalized spacial score (nSPS) is 29.5. The second-order valence-electron chi connectivity index (χ2n) is 4.50. The van der Waals surface area contributed by atoms with Crippen molar-refractivity contribution >= 4 is 0 Å². The quantitative estimate of drug-likeness (QED) is 0.421. The molecule has 10 nitrogen and oxygen atoms in total. The van der Waals surface area contributed by atoms with Gasteiger partial charge in [0, 0.05) is 17.2 Å². The number of nitro groups is 1. The lowest BCUT2D eigenvalue weighted by molar-refractivity contribution is -0.579. The van der Waals surface area contributed by atoms with Crippen LogP contribution in [0.3, 0.4) is 0 Å². The van der Waals surface area contributed by atoms with Crippen LogP contribution in [0.1, 0.15) is 12.6 Å². The predicted octanol–water partition coefficient (Wildman–Crippen LogP) is -2.18. The van der Waals surface area contributed by atoms with Gasteiger partial charge in [0.05, 0.1) is 13.0 Å². The number of aliphatic hydroxyl groups is 2. The van der Waals surface area contributed by atoms with Crippen molar-refractivity contribution in [2.45, 2.75) is 24.3 Å². The zero-order valence-corrected chi connectivity index (χ0v) is 10.3. The third kappa shape index (κ3) is 2.13. The fourth-order valence-electron chi connectivity index (χ4n) is 2.25. The lowest BCUT2D eigenvalue weighted by Crippen LogP contribution is -2.50. The minimum Gasteiger partial charge on any atom is -0.393 e. The van der Waals surface area contributed by atoms with Crippen molar-refractivity contribution in [3.8, 4) is 0 Å². The summed E-state index contributed by atoms with van der Waals surface area (Å²) < 4.78 is 6.25. The molecule has 1 saturated heterocycles. The van der Waals surface area contributed by atoms with E-state index in [1.54, 1.807) is 0 Å². The fraction of sp³-hybridized carbons (Fsp3) is 0.600. The smallest absolute Gasteiger partial charge is 0.330 e. The van der Waals surface area contributed by atoms with Crippen molar-refractivity contribution in [1.82, 2.24) is 9.55 Å². The van der Waals surface area contributed by atoms with Gasteiger partial charge in [-0.25, -0.2) is 4.79 Å². The van der Waals surface area contributed by atoms with E-state index in [4.69, 9.17) is 4.74 Å². The molecule has 0 unspecified atom stereocenters. The van der Waals surface area contributed by atoms with Gasteiger partial charge in [-0.3, -0.25) is 24.5 Å². The summed E-state index contributed by atoms with van der Waals surface area (Å²) in [6.45, 7) is -1.50. The first-order valence-electron chi connectivity index (χ1n) is 5.78. The standard InChI is InChI=1S/C10H13N3O7/c14-4-6-10(5-15,13(18)19)3-8(20-6)12-2-1-7(16)11-9(12)17/h1-2,6,8,14-15H,3-5H2,(H,11,16,17)/t6-,8-,10-/m1/s1. The average Bonchev–Trinajstić information content (AvgIpc) is 2.78. The monoisotopic (exact) mass is 287 g/mol. The number of hydrogen-bond acceptors (Lipinski definition) is 7. The molecule has 0 spiro atoms. The van der Waals surface area contributed by atoms with E-state index in [0.29, 0.717) is 0 Å². The SMILES string of the molecule is O=c1ccn([C@H]2C[C@](CO)([N+](=O)[O-])[C@@H](CO)O2)c(=O)[nH]1. The number of aliphatic hydroxyl groups excluding tert-OH is 2. The zero-order valence-electron chi connectivity index (χ0n) is 10.3. The third-order valence-corrected chi connectivity index (χ3v) is 3.41. The third-order valence-electron chi connectivity index (χ3n) is 3.41. The Kier molecular flexibility index (Phi) is 3.70. The largest absolute Gasteiger partial charge is 0.393 e. The molecule has 0 aliphatic carbocycles. The molecular weight excluding hydrogens is 274 g/mol. The Hall–Kier alpha value is -2.04. The van der Waals surface area contributed by atoms with Crippen molar-refractivity contribution in [2.75, 3.05) is 13.2 Å². The van der Waals surface area contributed by atoms with Crippen molar-refractivity contribution < 1.29 is 19.9 Å². The minimum absolute atomic E-state index is 0.298. The Bertz CT molecular complexity index is 624. The Morgan fingerprint density at radius 2 is 2.25 bits per heavy atom. The first-order chi connectivity index (χ1) is 9.44. The van der Waals surface area contributed by atoms with E-state index in [9.17, 15) is 29.9 Å². The first-order valence-corrected chi connectivity index (χ1v) is 5.78. The Morgan fingerprint density at radius 1 is 1.55 bits per heavy atom. The molecule has 2 heterocycles. The van der Waals surface area contributed by atoms with Crippen LogP contribution in [0, 0.1) is 10.1 Å². The molecule has 0 bridgehead atoms. The second-order valence-corrected chi connectivity index (χ2v) is 4.50. The van der Waals surface area contributed by atoms with Crippen LogP contribution in [0.5, 0.6) is 0 Å². The van der Waals surface area contributed by atoms with E-state index in [1.165, 1.54) is 0 Å². The van der Waals surface area contributed by atoms with Crippen LogP contribution in [0.25, 0.3) is 0 Å². The predicted molar refractivity (Wildman–Crippen MR) is 63.7 cm³/mol. The highest BCUT2D eigenvalue weighted by Crippen LogP contribution is 2.37. The van der Waals surface area contributed by atoms with Gasteiger partial charge in [0.15, 0.2) is 6.10 Å². The van der Waals surface area contributed by atoms with Gasteiger partial charge in [0.25, 0.3) is 11.1 Å². The van der Waals surface area contributed by atoms with Gasteiger partial charge in [-0.05, 0) is 0 Å². The van der Waals surface area contributed by atoms with Gasteiger partial charge < -0.3 is 14.9 Å². The lowest BCUT2D eigenvalue weighted by atomic mass is 9.92. The molecule has 1 fully saturated rings. The van der Waals surface area contributed by atoms with Crippen LogP contribution in [0.2, 0.25) is 0 Å². The van der Waals surface area contributed by atoms with E-state index < -0.39 is 47.3 Å². The maximum Gasteiger partial charge on any atom is 0.330 e. The van der Waals surface area contributed by atoms with Gasteiger partial charge in [-0.15, -0.1) is 0 Å². The first kappa shape index (κ1) is 14.4. The summed E-state index contributed by atoms with van der Waals surface area (Å²) in [6, 6.07) is 1.07. The topological polar surface area (TPSA) is 148 Å². The van der Waals surface area contributed by atoms with E-state index in [2.05, 4.69) is 0 Å². The molecule has 20 heavy (non-hydrogen) atoms. The number of aromatic nitrogens is 2. The van der Waals surface area contributed by atoms with Crippen molar-refractivity contribution in [1.29, 1.82) is 0 Å². The number of nitrogens with one attached hydrogen (secondary N) is 1. The molecule has 0 amide bonds. The Balaban J connectivity index is 2.40. The molecule has 110 valence electrons. The van der Waals surface area contributed by atoms with E-state index in [0.717, 1.165) is 16.8 Å². The lowest BCUT2D eigenvalue weighted by Gasteiger charge is -2.21. The van der Waals surface area contributed by atoms with Gasteiger partial charge in [-0.2, -0.15) is 0 Å². The molecule has 3 N–H and O–H groups in total. The van der Waals surface area contributed by atoms with Crippen molar-refractivity contribution in [2.24, 2.45) is 0 Å². The van der Waals surface area contributed by atoms with Gasteiger partial charge in [0.1, 0.15) is 12.8 Å². The van der Waals surface area contributed by atoms with Crippen LogP contribution >= 0.6 is 0 Å². The summed E-state index contributed by atoms with van der Waals surface area (Å²) in [5, 5.41) is 29.6. The molecule has 1 aliphatic heterocycles. The highest BCUT2D eigenvalue weighted by atomic mass is 16.6. The van der Waals surface area contributed by atoms with Crippen LogP contribution < -0.4 is 11.2 Å². The molecule has 1 aliphatic rings. The summed E-state index contributed by atoms with van der Waals surface area (Å²) >= 11 is 0. The molecule has 2 rings (SSSR count). The van der Waals surface area contributed by atoms with Crippen LogP contribution in [0.4, 0.5) is 0 Å². The van der Waals surface area contributed by atoms with Crippen LogP contribution in [0.15, 0.2) is 21.9 Å². The molecule has 10 heteroatoms. The molecule has 0 radical (unpaired) electrons. The number of H-pyrrole nitrogens is 1. The summed E-state index contributed by atoms with van der Waals surface area (Å²) in [7, 11) is 0. The zero-order chi connectivity index (χ0) is 14.9. The summed E-state index contributed by atoms with van der Waals surface area (Å²) in [5.41, 5.74) is -3.27. The second kappa shape index (κ2) is 5.15. The molecule has 3 atom stereocenters. The number of hydrogen-bond donors (Lipinski definition) is 3. The van der Waals surface area contributed by atoms with Gasteiger partial charge >= 0.3 is 5.69 Å². The number of aromatic amines is 1. The average molecular weight is 287 g/mol. The molecule has 0 aromatic carbocycles. The maximum atomic E-state index is 11.6. The molecule has 1 aromatic rings. The summed E-state index contributed by atoms with van der Waals surface area (Å²) in [4.78, 5) is 35.0. The number of ether oxygens (including phenoxy) is 1. The molecular formula is C10H13N3O7. The van der Waals surface area contributed by atoms with Crippen LogP contribution in [-0.4, -0.2) is 49.5 Å². The van der Waals surface area contributed by atoms with Crippen molar-refractivity contribution in [3.63, 3.8) is 0 Å². The van der Waals surface area contributed by atoms with Gasteiger partial charge in [-0.1, -0.05) is 0 Å². The highest BCUT2D eigenvalue weighted by Gasteiger charge is 2.59. The maximum absolute atomic E-state index is 11.6.